The van der Waals surface area contributed by atoms with E-state index in [4.69, 9.17) is 19.4 Å². The second kappa shape index (κ2) is 11.3. The van der Waals surface area contributed by atoms with Crippen molar-refractivity contribution in [1.29, 1.82) is 0 Å². The number of hydrogen-bond donors (Lipinski definition) is 1. The summed E-state index contributed by atoms with van der Waals surface area (Å²) in [5, 5.41) is 4.13. The van der Waals surface area contributed by atoms with Crippen molar-refractivity contribution in [3.05, 3.63) is 12.1 Å². The van der Waals surface area contributed by atoms with Crippen LogP contribution in [-0.4, -0.2) is 93.2 Å². The molecule has 0 radical (unpaired) electrons. The lowest BCUT2D eigenvalue weighted by Crippen LogP contribution is -2.40. The largest absolute Gasteiger partial charge is 0.493 e. The van der Waals surface area contributed by atoms with Crippen LogP contribution in [0.25, 0.3) is 10.9 Å². The summed E-state index contributed by atoms with van der Waals surface area (Å²) < 4.78 is 63.2. The van der Waals surface area contributed by atoms with Crippen LogP contribution in [0.3, 0.4) is 0 Å². The number of fused-ring (bicyclic) bond motifs is 1. The fourth-order valence-corrected chi connectivity index (χ4v) is 6.88. The van der Waals surface area contributed by atoms with Gasteiger partial charge in [0.1, 0.15) is 15.7 Å². The zero-order valence-electron chi connectivity index (χ0n) is 21.9. The Morgan fingerprint density at radius 1 is 1.05 bits per heavy atom. The van der Waals surface area contributed by atoms with Crippen molar-refractivity contribution in [2.45, 2.75) is 56.9 Å². The van der Waals surface area contributed by atoms with Crippen molar-refractivity contribution in [3.8, 4) is 11.5 Å². The van der Waals surface area contributed by atoms with E-state index in [9.17, 15) is 17.2 Å². The first-order chi connectivity index (χ1) is 18.2. The maximum atomic E-state index is 13.8. The Hall–Kier alpha value is -2.47. The van der Waals surface area contributed by atoms with Gasteiger partial charge in [0.15, 0.2) is 11.5 Å². The molecule has 3 aliphatic heterocycles. The average Bonchev–Trinajstić information content (AvgIpc) is 3.41. The number of anilines is 2. The minimum Gasteiger partial charge on any atom is -0.493 e. The number of aromatic nitrogens is 2. The topological polar surface area (TPSA) is 96.9 Å². The third kappa shape index (κ3) is 6.56. The van der Waals surface area contributed by atoms with Crippen molar-refractivity contribution in [2.24, 2.45) is 0 Å². The van der Waals surface area contributed by atoms with Gasteiger partial charge in [0, 0.05) is 50.0 Å². The van der Waals surface area contributed by atoms with Crippen molar-refractivity contribution >= 4 is 32.5 Å². The molecule has 1 aromatic heterocycles. The normalized spacial score (nSPS) is 22.0. The average molecular weight is 554 g/mol. The smallest absolute Gasteiger partial charge is 0.251 e. The highest BCUT2D eigenvalue weighted by Crippen LogP contribution is 2.37. The second-order valence-corrected chi connectivity index (χ2v) is 12.9. The molecule has 3 aliphatic rings. The number of alkyl halides is 2. The molecule has 3 fully saturated rings. The van der Waals surface area contributed by atoms with Crippen LogP contribution in [0.2, 0.25) is 0 Å². The van der Waals surface area contributed by atoms with E-state index in [0.29, 0.717) is 53.6 Å². The third-order valence-electron chi connectivity index (χ3n) is 7.72. The van der Waals surface area contributed by atoms with Gasteiger partial charge < -0.3 is 24.6 Å². The SMILES string of the molecule is COc1cc2c(NC3CCS(=O)(=O)CC3)nc(N3CCC(F)(F)CC3)nc2cc1OCCCN1CCCC1. The summed E-state index contributed by atoms with van der Waals surface area (Å²) in [6, 6.07) is 3.59. The highest BCUT2D eigenvalue weighted by molar-refractivity contribution is 7.91. The quantitative estimate of drug-likeness (QED) is 0.466. The summed E-state index contributed by atoms with van der Waals surface area (Å²) in [6.07, 6.45) is 3.88. The summed E-state index contributed by atoms with van der Waals surface area (Å²) in [5.41, 5.74) is 0.619. The number of rotatable bonds is 9. The van der Waals surface area contributed by atoms with E-state index < -0.39 is 15.8 Å². The lowest BCUT2D eigenvalue weighted by Gasteiger charge is -2.32. The molecule has 9 nitrogen and oxygen atoms in total. The van der Waals surface area contributed by atoms with Gasteiger partial charge in [-0.05, 0) is 51.3 Å². The summed E-state index contributed by atoms with van der Waals surface area (Å²) in [5.74, 6) is -0.366. The van der Waals surface area contributed by atoms with Crippen molar-refractivity contribution in [3.63, 3.8) is 0 Å². The predicted molar refractivity (Wildman–Crippen MR) is 144 cm³/mol. The number of nitrogens with one attached hydrogen (secondary N) is 1. The molecular weight excluding hydrogens is 516 g/mol. The summed E-state index contributed by atoms with van der Waals surface area (Å²) in [7, 11) is -1.43. The number of likely N-dealkylation sites (tertiary alicyclic amines) is 1. The lowest BCUT2D eigenvalue weighted by molar-refractivity contribution is -0.0222. The van der Waals surface area contributed by atoms with E-state index in [1.807, 2.05) is 12.1 Å². The van der Waals surface area contributed by atoms with E-state index in [-0.39, 0.29) is 43.5 Å². The van der Waals surface area contributed by atoms with E-state index >= 15 is 0 Å². The number of benzene rings is 1. The molecule has 0 spiro atoms. The van der Waals surface area contributed by atoms with Crippen LogP contribution in [0.15, 0.2) is 12.1 Å². The molecule has 4 heterocycles. The molecule has 1 aromatic carbocycles. The van der Waals surface area contributed by atoms with E-state index in [0.717, 1.165) is 26.1 Å². The summed E-state index contributed by atoms with van der Waals surface area (Å²) in [6.45, 7) is 4.14. The van der Waals surface area contributed by atoms with Gasteiger partial charge in [-0.3, -0.25) is 0 Å². The van der Waals surface area contributed by atoms with Gasteiger partial charge in [0.05, 0.1) is 30.7 Å². The van der Waals surface area contributed by atoms with Crippen molar-refractivity contribution < 1.29 is 26.7 Å². The highest BCUT2D eigenvalue weighted by atomic mass is 32.2. The molecule has 0 bridgehead atoms. The molecule has 0 amide bonds. The number of sulfone groups is 1. The number of halogens is 2. The molecule has 5 rings (SSSR count). The molecule has 210 valence electrons. The molecule has 0 aliphatic carbocycles. The van der Waals surface area contributed by atoms with Gasteiger partial charge in [-0.1, -0.05) is 0 Å². The van der Waals surface area contributed by atoms with Crippen LogP contribution in [-0.2, 0) is 9.84 Å². The maximum Gasteiger partial charge on any atom is 0.251 e. The van der Waals surface area contributed by atoms with Gasteiger partial charge >= 0.3 is 0 Å². The minimum atomic E-state index is -3.01. The van der Waals surface area contributed by atoms with Gasteiger partial charge in [-0.15, -0.1) is 0 Å². The lowest BCUT2D eigenvalue weighted by atomic mass is 10.1. The van der Waals surface area contributed by atoms with Crippen LogP contribution in [0, 0.1) is 0 Å². The van der Waals surface area contributed by atoms with Gasteiger partial charge in [-0.2, -0.15) is 4.98 Å². The predicted octanol–water partition coefficient (Wildman–Crippen LogP) is 3.73. The number of hydrogen-bond acceptors (Lipinski definition) is 9. The van der Waals surface area contributed by atoms with Crippen LogP contribution in [0.4, 0.5) is 20.5 Å². The Kier molecular flexibility index (Phi) is 8.08. The molecule has 0 atom stereocenters. The molecule has 1 N–H and O–H groups in total. The standard InChI is InChI=1S/C26H37F2N5O4S/c1-36-22-17-20-21(18-23(22)37-14-4-11-32-9-2-3-10-32)30-25(33-12-7-26(27,28)8-13-33)31-24(20)29-19-5-15-38(34,35)16-6-19/h17-19H,2-16H2,1H3,(H,29,30,31). The number of ether oxygens (including phenoxy) is 2. The fourth-order valence-electron chi connectivity index (χ4n) is 5.39. The van der Waals surface area contributed by atoms with Gasteiger partial charge in [0.25, 0.3) is 5.92 Å². The first kappa shape index (κ1) is 27.1. The Morgan fingerprint density at radius 3 is 2.45 bits per heavy atom. The van der Waals surface area contributed by atoms with Crippen LogP contribution >= 0.6 is 0 Å². The fraction of sp³-hybridized carbons (Fsp3) is 0.692. The molecule has 3 saturated heterocycles. The number of methoxy groups -OCH3 is 1. The first-order valence-corrected chi connectivity index (χ1v) is 15.4. The monoisotopic (exact) mass is 553 g/mol. The Bertz CT molecular complexity index is 1220. The van der Waals surface area contributed by atoms with Gasteiger partial charge in [0.2, 0.25) is 5.95 Å². The highest BCUT2D eigenvalue weighted by Gasteiger charge is 2.35. The van der Waals surface area contributed by atoms with Crippen LogP contribution < -0.4 is 19.7 Å². The molecule has 0 unspecified atom stereocenters. The maximum absolute atomic E-state index is 13.8. The second-order valence-electron chi connectivity index (χ2n) is 10.6. The number of nitrogens with zero attached hydrogens (tertiary/aromatic N) is 4. The Balaban J connectivity index is 1.41. The first-order valence-electron chi connectivity index (χ1n) is 13.6. The van der Waals surface area contributed by atoms with Gasteiger partial charge in [-0.25, -0.2) is 22.2 Å². The van der Waals surface area contributed by atoms with Crippen molar-refractivity contribution in [2.75, 3.05) is 68.2 Å². The van der Waals surface area contributed by atoms with E-state index in [2.05, 4.69) is 10.2 Å². The zero-order chi connectivity index (χ0) is 26.8. The molecule has 38 heavy (non-hydrogen) atoms. The Labute approximate surface area is 222 Å². The number of piperidine rings is 1. The molecule has 12 heteroatoms. The summed E-state index contributed by atoms with van der Waals surface area (Å²) >= 11 is 0. The molecule has 0 saturated carbocycles. The van der Waals surface area contributed by atoms with E-state index in [1.165, 1.54) is 12.8 Å². The molecule has 2 aromatic rings. The Morgan fingerprint density at radius 2 is 1.76 bits per heavy atom. The minimum absolute atomic E-state index is 0.0670. The summed E-state index contributed by atoms with van der Waals surface area (Å²) in [4.78, 5) is 13.7. The van der Waals surface area contributed by atoms with Crippen molar-refractivity contribution in [1.82, 2.24) is 14.9 Å². The van der Waals surface area contributed by atoms with Crippen LogP contribution in [0.1, 0.15) is 44.9 Å². The van der Waals surface area contributed by atoms with Crippen LogP contribution in [0.5, 0.6) is 11.5 Å². The molecular formula is C26H37F2N5O4S. The van der Waals surface area contributed by atoms with E-state index in [1.54, 1.807) is 12.0 Å². The third-order valence-corrected chi connectivity index (χ3v) is 9.43. The zero-order valence-corrected chi connectivity index (χ0v) is 22.7.